The lowest BCUT2D eigenvalue weighted by atomic mass is 10.1. The number of amides is 1. The van der Waals surface area contributed by atoms with Gasteiger partial charge in [-0.3, -0.25) is 28.1 Å². The molecule has 0 aliphatic heterocycles. The molecule has 0 aliphatic rings. The van der Waals surface area contributed by atoms with E-state index < -0.39 is 22.7 Å². The van der Waals surface area contributed by atoms with Crippen molar-refractivity contribution in [3.63, 3.8) is 0 Å². The van der Waals surface area contributed by atoms with E-state index in [1.165, 1.54) is 16.2 Å². The third kappa shape index (κ3) is 4.09. The molecule has 0 radical (unpaired) electrons. The summed E-state index contributed by atoms with van der Waals surface area (Å²) in [5, 5.41) is 2.80. The predicted molar refractivity (Wildman–Crippen MR) is 107 cm³/mol. The molecular formula is C19H28N4O5. The molecular weight excluding hydrogens is 364 g/mol. The molecule has 0 aliphatic carbocycles. The van der Waals surface area contributed by atoms with Crippen LogP contribution in [0, 0.1) is 0 Å². The Morgan fingerprint density at radius 1 is 1.14 bits per heavy atom. The third-order valence-corrected chi connectivity index (χ3v) is 4.51. The maximum absolute atomic E-state index is 12.9. The number of hydrogen-bond acceptors (Lipinski definition) is 5. The summed E-state index contributed by atoms with van der Waals surface area (Å²) >= 11 is 0. The van der Waals surface area contributed by atoms with Gasteiger partial charge in [-0.05, 0) is 34.1 Å². The molecule has 0 fully saturated rings. The Labute approximate surface area is 162 Å². The van der Waals surface area contributed by atoms with Crippen molar-refractivity contribution in [1.82, 2.24) is 19.0 Å². The summed E-state index contributed by atoms with van der Waals surface area (Å²) in [4.78, 5) is 50.6. The summed E-state index contributed by atoms with van der Waals surface area (Å²) in [6, 6.07) is 1.16. The molecule has 9 heteroatoms. The van der Waals surface area contributed by atoms with Crippen molar-refractivity contribution in [1.29, 1.82) is 0 Å². The summed E-state index contributed by atoms with van der Waals surface area (Å²) in [5.74, 6) is -0.520. The molecule has 0 saturated heterocycles. The first kappa shape index (κ1) is 21.6. The lowest BCUT2D eigenvalue weighted by molar-refractivity contribution is 0.0757. The summed E-state index contributed by atoms with van der Waals surface area (Å²) in [7, 11) is 1.49. The Hall–Kier alpha value is -2.68. The quantitative estimate of drug-likeness (QED) is 0.657. The second-order valence-electron chi connectivity index (χ2n) is 6.76. The predicted octanol–water partition coefficient (Wildman–Crippen LogP) is 0.447. The van der Waals surface area contributed by atoms with Crippen LogP contribution in [0.4, 0.5) is 0 Å². The summed E-state index contributed by atoms with van der Waals surface area (Å²) in [5.41, 5.74) is -1.40. The van der Waals surface area contributed by atoms with Crippen LogP contribution >= 0.6 is 0 Å². The number of fused-ring (bicyclic) bond motifs is 1. The molecule has 0 atom stereocenters. The number of nitrogens with zero attached hydrogens (tertiary/aromatic N) is 3. The van der Waals surface area contributed by atoms with Crippen LogP contribution in [0.25, 0.3) is 11.0 Å². The second-order valence-corrected chi connectivity index (χ2v) is 6.76. The van der Waals surface area contributed by atoms with Crippen LogP contribution in [-0.2, 0) is 24.9 Å². The molecule has 2 aromatic rings. The molecule has 0 bridgehead atoms. The largest absolute Gasteiger partial charge is 0.379 e. The topological polar surface area (TPSA) is 104 Å². The molecule has 1 amide bonds. The number of rotatable bonds is 8. The van der Waals surface area contributed by atoms with E-state index in [0.717, 1.165) is 10.6 Å². The lowest BCUT2D eigenvalue weighted by Crippen LogP contribution is -2.42. The van der Waals surface area contributed by atoms with E-state index in [1.807, 2.05) is 13.8 Å². The van der Waals surface area contributed by atoms with E-state index in [9.17, 15) is 19.2 Å². The van der Waals surface area contributed by atoms with E-state index in [0.29, 0.717) is 19.6 Å². The average molecular weight is 392 g/mol. The molecule has 0 aromatic carbocycles. The number of aromatic nitrogens is 3. The van der Waals surface area contributed by atoms with Crippen molar-refractivity contribution >= 4 is 16.9 Å². The highest BCUT2D eigenvalue weighted by molar-refractivity contribution is 6.05. The Kier molecular flexibility index (Phi) is 6.95. The first-order chi connectivity index (χ1) is 13.2. The van der Waals surface area contributed by atoms with Gasteiger partial charge in [0, 0.05) is 39.4 Å². The van der Waals surface area contributed by atoms with E-state index in [2.05, 4.69) is 5.32 Å². The van der Waals surface area contributed by atoms with Gasteiger partial charge < -0.3 is 10.1 Å². The Morgan fingerprint density at radius 3 is 2.36 bits per heavy atom. The van der Waals surface area contributed by atoms with Crippen LogP contribution in [0.15, 0.2) is 20.4 Å². The van der Waals surface area contributed by atoms with Crippen molar-refractivity contribution in [2.24, 2.45) is 7.05 Å². The van der Waals surface area contributed by atoms with Crippen molar-refractivity contribution in [2.45, 2.75) is 53.3 Å². The first-order valence-electron chi connectivity index (χ1n) is 9.51. The normalized spacial score (nSPS) is 11.4. The zero-order valence-electron chi connectivity index (χ0n) is 17.1. The van der Waals surface area contributed by atoms with Crippen LogP contribution in [-0.4, -0.2) is 38.9 Å². The fraction of sp³-hybridized carbons (Fsp3) is 0.579. The summed E-state index contributed by atoms with van der Waals surface area (Å²) in [6.45, 7) is 8.55. The minimum absolute atomic E-state index is 0.0164. The van der Waals surface area contributed by atoms with E-state index in [-0.39, 0.29) is 35.8 Å². The SMILES string of the molecule is CCn1c(=O)c2c(C(=O)NCCCOC(C)C)cc(=O)n(CC)c2n(C)c1=O. The van der Waals surface area contributed by atoms with Gasteiger partial charge in [-0.15, -0.1) is 0 Å². The number of hydrogen-bond donors (Lipinski definition) is 1. The van der Waals surface area contributed by atoms with Gasteiger partial charge in [0.2, 0.25) is 0 Å². The van der Waals surface area contributed by atoms with Gasteiger partial charge in [0.05, 0.1) is 17.1 Å². The summed E-state index contributed by atoms with van der Waals surface area (Å²) < 4.78 is 9.06. The lowest BCUT2D eigenvalue weighted by Gasteiger charge is -2.16. The number of carbonyl (C=O) groups is 1. The molecule has 28 heavy (non-hydrogen) atoms. The highest BCUT2D eigenvalue weighted by Crippen LogP contribution is 2.12. The van der Waals surface area contributed by atoms with Crippen molar-refractivity contribution < 1.29 is 9.53 Å². The van der Waals surface area contributed by atoms with Gasteiger partial charge in [0.25, 0.3) is 17.0 Å². The van der Waals surface area contributed by atoms with Gasteiger partial charge in [0.15, 0.2) is 0 Å². The Morgan fingerprint density at radius 2 is 1.79 bits per heavy atom. The van der Waals surface area contributed by atoms with Gasteiger partial charge in [0.1, 0.15) is 5.65 Å². The molecule has 0 saturated carbocycles. The van der Waals surface area contributed by atoms with E-state index in [4.69, 9.17) is 4.74 Å². The molecule has 154 valence electrons. The van der Waals surface area contributed by atoms with E-state index >= 15 is 0 Å². The number of nitrogens with one attached hydrogen (secondary N) is 1. The van der Waals surface area contributed by atoms with E-state index in [1.54, 1.807) is 13.8 Å². The standard InChI is InChI=1S/C19H28N4O5/c1-6-22-14(24)11-13(16(25)20-9-8-10-28-12(3)4)15-17(22)21(5)19(27)23(7-2)18(15)26/h11-12H,6-10H2,1-5H3,(H,20,25). The van der Waals surface area contributed by atoms with Crippen LogP contribution in [0.2, 0.25) is 0 Å². The van der Waals surface area contributed by atoms with Crippen molar-refractivity contribution in [3.8, 4) is 0 Å². The Balaban J connectivity index is 2.56. The zero-order valence-corrected chi connectivity index (χ0v) is 17.1. The van der Waals surface area contributed by atoms with Gasteiger partial charge >= 0.3 is 5.69 Å². The first-order valence-corrected chi connectivity index (χ1v) is 9.51. The highest BCUT2D eigenvalue weighted by atomic mass is 16.5. The second kappa shape index (κ2) is 9.01. The monoisotopic (exact) mass is 392 g/mol. The van der Waals surface area contributed by atoms with Crippen LogP contribution in [0.5, 0.6) is 0 Å². The molecule has 0 unspecified atom stereocenters. The molecule has 1 N–H and O–H groups in total. The minimum Gasteiger partial charge on any atom is -0.379 e. The number of carbonyl (C=O) groups excluding carboxylic acids is 1. The molecule has 2 rings (SSSR count). The Bertz CT molecular complexity index is 1050. The van der Waals surface area contributed by atoms with Gasteiger partial charge in [-0.2, -0.15) is 0 Å². The smallest absolute Gasteiger partial charge is 0.332 e. The third-order valence-electron chi connectivity index (χ3n) is 4.51. The number of ether oxygens (including phenoxy) is 1. The maximum Gasteiger partial charge on any atom is 0.332 e. The maximum atomic E-state index is 12.9. The van der Waals surface area contributed by atoms with Gasteiger partial charge in [-0.25, -0.2) is 4.79 Å². The highest BCUT2D eigenvalue weighted by Gasteiger charge is 2.21. The zero-order chi connectivity index (χ0) is 21.0. The summed E-state index contributed by atoms with van der Waals surface area (Å²) in [6.07, 6.45) is 0.709. The van der Waals surface area contributed by atoms with Gasteiger partial charge in [-0.1, -0.05) is 0 Å². The van der Waals surface area contributed by atoms with Crippen molar-refractivity contribution in [2.75, 3.05) is 13.2 Å². The average Bonchev–Trinajstić information content (AvgIpc) is 2.65. The van der Waals surface area contributed by atoms with Crippen molar-refractivity contribution in [3.05, 3.63) is 42.8 Å². The fourth-order valence-electron chi connectivity index (χ4n) is 3.14. The molecule has 2 aromatic heterocycles. The van der Waals surface area contributed by atoms with Crippen LogP contribution < -0.4 is 22.1 Å². The van der Waals surface area contributed by atoms with Crippen LogP contribution in [0.1, 0.15) is 44.5 Å². The van der Waals surface area contributed by atoms with Crippen LogP contribution in [0.3, 0.4) is 0 Å². The molecule has 2 heterocycles. The number of aryl methyl sites for hydroxylation is 2. The molecule has 9 nitrogen and oxygen atoms in total. The molecule has 0 spiro atoms. The fourth-order valence-corrected chi connectivity index (χ4v) is 3.14. The minimum atomic E-state index is -0.573. The number of pyridine rings is 1.